The summed E-state index contributed by atoms with van der Waals surface area (Å²) in [4.78, 5) is 12.6. The number of amides is 1. The first-order valence-corrected chi connectivity index (χ1v) is 8.74. The molecule has 3 aromatic rings. The quantitative estimate of drug-likeness (QED) is 0.673. The zero-order valence-corrected chi connectivity index (χ0v) is 15.7. The first-order chi connectivity index (χ1) is 13.5. The third kappa shape index (κ3) is 3.00. The van der Waals surface area contributed by atoms with Crippen LogP contribution in [0.2, 0.25) is 0 Å². The van der Waals surface area contributed by atoms with E-state index in [1.165, 1.54) is 13.2 Å². The van der Waals surface area contributed by atoms with Crippen LogP contribution in [0.1, 0.15) is 12.5 Å². The minimum atomic E-state index is -0.384. The van der Waals surface area contributed by atoms with Gasteiger partial charge in [0.05, 0.1) is 18.2 Å². The minimum absolute atomic E-state index is 0.214. The van der Waals surface area contributed by atoms with Crippen LogP contribution in [0.3, 0.4) is 0 Å². The molecule has 0 atom stereocenters. The highest BCUT2D eigenvalue weighted by Crippen LogP contribution is 2.40. The number of nitrogens with zero attached hydrogens (tertiary/aromatic N) is 2. The highest BCUT2D eigenvalue weighted by atomic mass is 19.1. The molecule has 1 aromatic heterocycles. The van der Waals surface area contributed by atoms with Crippen LogP contribution in [0.5, 0.6) is 5.75 Å². The number of halogens is 1. The Morgan fingerprint density at radius 1 is 1.25 bits per heavy atom. The summed E-state index contributed by atoms with van der Waals surface area (Å²) >= 11 is 0. The number of aromatic nitrogens is 2. The minimum Gasteiger partial charge on any atom is -0.496 e. The van der Waals surface area contributed by atoms with Gasteiger partial charge in [-0.15, -0.1) is 0 Å². The lowest BCUT2D eigenvalue weighted by Crippen LogP contribution is -2.09. The maximum atomic E-state index is 14.5. The summed E-state index contributed by atoms with van der Waals surface area (Å²) < 4.78 is 21.5. The molecule has 0 saturated heterocycles. The van der Waals surface area contributed by atoms with E-state index in [-0.39, 0.29) is 11.7 Å². The number of rotatable bonds is 4. The summed E-state index contributed by atoms with van der Waals surface area (Å²) in [7, 11) is 3.32. The van der Waals surface area contributed by atoms with Gasteiger partial charge in [-0.2, -0.15) is 5.10 Å². The number of methoxy groups -OCH3 is 1. The standard InChI is InChI=1S/C21H19FN4O2/c1-12(23-18-9-10-26(2)25-18)19-14-11-13(7-8-16(14)24-21(19)27)20-15(22)5-4-6-17(20)28-3/h4-11H,1-3H3,(H,23,25)(H,24,27)/b19-12-. The predicted molar refractivity (Wildman–Crippen MR) is 106 cm³/mol. The Hall–Kier alpha value is -3.61. The van der Waals surface area contributed by atoms with Gasteiger partial charge in [-0.3, -0.25) is 9.48 Å². The zero-order valence-electron chi connectivity index (χ0n) is 15.7. The molecule has 0 unspecified atom stereocenters. The van der Waals surface area contributed by atoms with Crippen LogP contribution < -0.4 is 15.4 Å². The number of anilines is 2. The van der Waals surface area contributed by atoms with Crippen molar-refractivity contribution in [1.29, 1.82) is 0 Å². The Labute approximate surface area is 161 Å². The van der Waals surface area contributed by atoms with Gasteiger partial charge >= 0.3 is 0 Å². The molecule has 1 amide bonds. The van der Waals surface area contributed by atoms with Crippen LogP contribution in [0.4, 0.5) is 15.9 Å². The van der Waals surface area contributed by atoms with Gasteiger partial charge in [0.15, 0.2) is 5.82 Å². The SMILES string of the molecule is COc1cccc(F)c1-c1ccc2c(c1)/C(=C(\C)Nc1ccn(C)n1)C(=O)N2. The van der Waals surface area contributed by atoms with E-state index in [0.717, 1.165) is 0 Å². The fourth-order valence-electron chi connectivity index (χ4n) is 3.39. The molecule has 2 heterocycles. The molecule has 0 bridgehead atoms. The molecule has 28 heavy (non-hydrogen) atoms. The second-order valence-electron chi connectivity index (χ2n) is 6.53. The summed E-state index contributed by atoms with van der Waals surface area (Å²) in [5, 5.41) is 10.3. The molecule has 0 spiro atoms. The lowest BCUT2D eigenvalue weighted by Gasteiger charge is -2.12. The summed E-state index contributed by atoms with van der Waals surface area (Å²) in [6.45, 7) is 1.81. The third-order valence-electron chi connectivity index (χ3n) is 4.65. The number of hydrogen-bond acceptors (Lipinski definition) is 4. The van der Waals surface area contributed by atoms with Gasteiger partial charge in [-0.05, 0) is 36.8 Å². The van der Waals surface area contributed by atoms with E-state index in [1.54, 1.807) is 35.0 Å². The zero-order chi connectivity index (χ0) is 19.8. The van der Waals surface area contributed by atoms with Crippen molar-refractivity contribution in [2.75, 3.05) is 17.7 Å². The van der Waals surface area contributed by atoms with Crippen molar-refractivity contribution in [2.45, 2.75) is 6.92 Å². The van der Waals surface area contributed by atoms with Crippen molar-refractivity contribution in [3.63, 3.8) is 0 Å². The largest absolute Gasteiger partial charge is 0.496 e. The number of benzene rings is 2. The monoisotopic (exact) mass is 378 g/mol. The van der Waals surface area contributed by atoms with E-state index in [4.69, 9.17) is 4.74 Å². The highest BCUT2D eigenvalue weighted by molar-refractivity contribution is 6.32. The highest BCUT2D eigenvalue weighted by Gasteiger charge is 2.27. The lowest BCUT2D eigenvalue weighted by atomic mass is 9.97. The van der Waals surface area contributed by atoms with Crippen molar-refractivity contribution in [1.82, 2.24) is 9.78 Å². The van der Waals surface area contributed by atoms with Crippen LogP contribution >= 0.6 is 0 Å². The maximum absolute atomic E-state index is 14.5. The maximum Gasteiger partial charge on any atom is 0.258 e. The van der Waals surface area contributed by atoms with Crippen LogP contribution in [0, 0.1) is 5.82 Å². The molecule has 0 aliphatic carbocycles. The lowest BCUT2D eigenvalue weighted by molar-refractivity contribution is -0.110. The number of nitrogens with one attached hydrogen (secondary N) is 2. The normalized spacial score (nSPS) is 14.5. The molecule has 7 heteroatoms. The molecule has 142 valence electrons. The van der Waals surface area contributed by atoms with Gasteiger partial charge in [0.2, 0.25) is 0 Å². The number of fused-ring (bicyclic) bond motifs is 1. The predicted octanol–water partition coefficient (Wildman–Crippen LogP) is 4.03. The average Bonchev–Trinajstić information content (AvgIpc) is 3.22. The molecule has 1 aliphatic heterocycles. The van der Waals surface area contributed by atoms with Crippen LogP contribution in [0.15, 0.2) is 54.4 Å². The number of hydrogen-bond donors (Lipinski definition) is 2. The molecule has 0 saturated carbocycles. The third-order valence-corrected chi connectivity index (χ3v) is 4.65. The van der Waals surface area contributed by atoms with Gasteiger partial charge < -0.3 is 15.4 Å². The van der Waals surface area contributed by atoms with E-state index in [0.29, 0.717) is 45.2 Å². The average molecular weight is 378 g/mol. The number of carbonyl (C=O) groups excluding carboxylic acids is 1. The Morgan fingerprint density at radius 3 is 2.79 bits per heavy atom. The van der Waals surface area contributed by atoms with Crippen molar-refractivity contribution >= 4 is 23.0 Å². The molecule has 2 N–H and O–H groups in total. The number of aryl methyl sites for hydroxylation is 1. The van der Waals surface area contributed by atoms with Crippen molar-refractivity contribution in [3.8, 4) is 16.9 Å². The van der Waals surface area contributed by atoms with Gasteiger partial charge in [0.1, 0.15) is 11.6 Å². The first kappa shape index (κ1) is 17.8. The Balaban J connectivity index is 1.81. The van der Waals surface area contributed by atoms with Crippen LogP contribution in [-0.4, -0.2) is 22.8 Å². The second kappa shape index (κ2) is 6.84. The van der Waals surface area contributed by atoms with E-state index >= 15 is 0 Å². The fraction of sp³-hybridized carbons (Fsp3) is 0.143. The first-order valence-electron chi connectivity index (χ1n) is 8.74. The van der Waals surface area contributed by atoms with E-state index in [9.17, 15) is 9.18 Å². The van der Waals surface area contributed by atoms with Gasteiger partial charge in [0.25, 0.3) is 5.91 Å². The van der Waals surface area contributed by atoms with Gasteiger partial charge in [0, 0.05) is 36.3 Å². The number of ether oxygens (including phenoxy) is 1. The Bertz CT molecular complexity index is 1120. The van der Waals surface area contributed by atoms with Crippen molar-refractivity contribution in [2.24, 2.45) is 7.05 Å². The van der Waals surface area contributed by atoms with Crippen molar-refractivity contribution in [3.05, 3.63) is 65.7 Å². The van der Waals surface area contributed by atoms with Gasteiger partial charge in [-0.25, -0.2) is 4.39 Å². The number of carbonyl (C=O) groups is 1. The molecule has 0 radical (unpaired) electrons. The molecule has 2 aromatic carbocycles. The van der Waals surface area contributed by atoms with Crippen LogP contribution in [0.25, 0.3) is 16.7 Å². The summed E-state index contributed by atoms with van der Waals surface area (Å²) in [5.41, 5.74) is 3.54. The van der Waals surface area contributed by atoms with E-state index < -0.39 is 0 Å². The summed E-state index contributed by atoms with van der Waals surface area (Å²) in [6.07, 6.45) is 1.81. The summed E-state index contributed by atoms with van der Waals surface area (Å²) in [6, 6.07) is 11.9. The van der Waals surface area contributed by atoms with E-state index in [1.807, 2.05) is 26.2 Å². The van der Waals surface area contributed by atoms with Crippen LogP contribution in [-0.2, 0) is 11.8 Å². The molecule has 0 fully saturated rings. The van der Waals surface area contributed by atoms with Gasteiger partial charge in [-0.1, -0.05) is 12.1 Å². The Kier molecular flexibility index (Phi) is 4.35. The Morgan fingerprint density at radius 2 is 2.07 bits per heavy atom. The molecule has 6 nitrogen and oxygen atoms in total. The molecular weight excluding hydrogens is 359 g/mol. The molecular formula is C21H19FN4O2. The van der Waals surface area contributed by atoms with Crippen molar-refractivity contribution < 1.29 is 13.9 Å². The fourth-order valence-corrected chi connectivity index (χ4v) is 3.39. The molecule has 1 aliphatic rings. The topological polar surface area (TPSA) is 68.2 Å². The smallest absolute Gasteiger partial charge is 0.258 e. The number of allylic oxidation sites excluding steroid dienone is 1. The second-order valence-corrected chi connectivity index (χ2v) is 6.53. The molecule has 4 rings (SSSR count). The van der Waals surface area contributed by atoms with E-state index in [2.05, 4.69) is 15.7 Å². The summed E-state index contributed by atoms with van der Waals surface area (Å²) in [5.74, 6) is 0.478.